The van der Waals surface area contributed by atoms with E-state index in [1.165, 1.54) is 0 Å². The van der Waals surface area contributed by atoms with Crippen LogP contribution in [0.4, 0.5) is 0 Å². The molecule has 4 N–H and O–H groups in total. The lowest BCUT2D eigenvalue weighted by atomic mass is 10.3. The summed E-state index contributed by atoms with van der Waals surface area (Å²) in [6.07, 6.45) is -0.645. The number of β-amino-alcohol motifs (C(OH)–C–C–N with tert-alkyl or cyclic N) is 1. The SMILES string of the molecule is CCOC1CN(C/C(N)=N/O)CC1O. The maximum Gasteiger partial charge on any atom is 0.153 e. The predicted octanol–water partition coefficient (Wildman–Crippen LogP) is -1.19. The van der Waals surface area contributed by atoms with Crippen LogP contribution in [0.15, 0.2) is 5.16 Å². The van der Waals surface area contributed by atoms with Crippen molar-refractivity contribution in [3.63, 3.8) is 0 Å². The molecule has 82 valence electrons. The smallest absolute Gasteiger partial charge is 0.153 e. The van der Waals surface area contributed by atoms with Crippen molar-refractivity contribution in [3.05, 3.63) is 0 Å². The highest BCUT2D eigenvalue weighted by Gasteiger charge is 2.31. The summed E-state index contributed by atoms with van der Waals surface area (Å²) in [6, 6.07) is 0. The van der Waals surface area contributed by atoms with E-state index in [-0.39, 0.29) is 11.9 Å². The van der Waals surface area contributed by atoms with Gasteiger partial charge < -0.3 is 20.8 Å². The van der Waals surface area contributed by atoms with Crippen LogP contribution in [-0.2, 0) is 4.74 Å². The van der Waals surface area contributed by atoms with Gasteiger partial charge in [-0.1, -0.05) is 5.16 Å². The third kappa shape index (κ3) is 2.83. The monoisotopic (exact) mass is 203 g/mol. The Kier molecular flexibility index (Phi) is 4.12. The number of hydrogen-bond donors (Lipinski definition) is 3. The van der Waals surface area contributed by atoms with E-state index in [2.05, 4.69) is 5.16 Å². The first-order chi connectivity index (χ1) is 6.67. The Hall–Kier alpha value is -0.850. The Morgan fingerprint density at radius 2 is 2.36 bits per heavy atom. The normalized spacial score (nSPS) is 29.7. The first kappa shape index (κ1) is 11.2. The number of nitrogens with two attached hydrogens (primary N) is 1. The highest BCUT2D eigenvalue weighted by Crippen LogP contribution is 2.12. The molecule has 0 aromatic rings. The Morgan fingerprint density at radius 3 is 2.93 bits per heavy atom. The Bertz CT molecular complexity index is 210. The number of aliphatic hydroxyl groups is 1. The number of rotatable bonds is 4. The maximum atomic E-state index is 9.57. The van der Waals surface area contributed by atoms with E-state index in [4.69, 9.17) is 15.7 Å². The van der Waals surface area contributed by atoms with Crippen molar-refractivity contribution in [3.8, 4) is 0 Å². The lowest BCUT2D eigenvalue weighted by Gasteiger charge is -2.14. The summed E-state index contributed by atoms with van der Waals surface area (Å²) in [7, 11) is 0. The summed E-state index contributed by atoms with van der Waals surface area (Å²) in [5.41, 5.74) is 5.35. The van der Waals surface area contributed by atoms with Gasteiger partial charge in [0.2, 0.25) is 0 Å². The fourth-order valence-corrected chi connectivity index (χ4v) is 1.60. The van der Waals surface area contributed by atoms with Gasteiger partial charge in [0.05, 0.1) is 18.8 Å². The van der Waals surface area contributed by atoms with Crippen molar-refractivity contribution in [2.24, 2.45) is 10.9 Å². The molecule has 1 rings (SSSR count). The number of hydrogen-bond acceptors (Lipinski definition) is 5. The molecule has 2 atom stereocenters. The molecule has 1 heterocycles. The molecule has 0 bridgehead atoms. The first-order valence-corrected chi connectivity index (χ1v) is 4.65. The third-order valence-corrected chi connectivity index (χ3v) is 2.21. The van der Waals surface area contributed by atoms with Crippen molar-refractivity contribution < 1.29 is 15.1 Å². The molecule has 1 aliphatic rings. The minimum Gasteiger partial charge on any atom is -0.409 e. The van der Waals surface area contributed by atoms with Gasteiger partial charge in [0.25, 0.3) is 0 Å². The minimum atomic E-state index is -0.485. The zero-order chi connectivity index (χ0) is 10.6. The summed E-state index contributed by atoms with van der Waals surface area (Å²) in [6.45, 7) is 3.95. The molecule has 1 fully saturated rings. The average Bonchev–Trinajstić information content (AvgIpc) is 2.47. The minimum absolute atomic E-state index is 0.148. The lowest BCUT2D eigenvalue weighted by Crippen LogP contribution is -2.33. The molecule has 0 saturated carbocycles. The van der Waals surface area contributed by atoms with Crippen LogP contribution in [-0.4, -0.2) is 59.5 Å². The maximum absolute atomic E-state index is 9.57. The van der Waals surface area contributed by atoms with Crippen LogP contribution in [0.25, 0.3) is 0 Å². The van der Waals surface area contributed by atoms with E-state index < -0.39 is 6.10 Å². The molecule has 0 spiro atoms. The summed E-state index contributed by atoms with van der Waals surface area (Å²) < 4.78 is 5.33. The molecular weight excluding hydrogens is 186 g/mol. The first-order valence-electron chi connectivity index (χ1n) is 4.65. The van der Waals surface area contributed by atoms with Gasteiger partial charge in [-0.15, -0.1) is 0 Å². The molecule has 6 nitrogen and oxygen atoms in total. The van der Waals surface area contributed by atoms with Gasteiger partial charge in [0, 0.05) is 19.7 Å². The summed E-state index contributed by atoms with van der Waals surface area (Å²) in [5.74, 6) is 0.148. The Balaban J connectivity index is 2.38. The van der Waals surface area contributed by atoms with Crippen molar-refractivity contribution in [1.82, 2.24) is 4.90 Å². The number of oxime groups is 1. The number of amidine groups is 1. The van der Waals surface area contributed by atoms with E-state index in [0.29, 0.717) is 26.2 Å². The molecule has 0 aliphatic carbocycles. The van der Waals surface area contributed by atoms with Crippen LogP contribution < -0.4 is 5.73 Å². The summed E-state index contributed by atoms with van der Waals surface area (Å²) in [4.78, 5) is 1.89. The molecule has 1 aliphatic heterocycles. The second kappa shape index (κ2) is 5.14. The molecule has 0 aromatic carbocycles. The van der Waals surface area contributed by atoms with Gasteiger partial charge in [-0.25, -0.2) is 0 Å². The molecular formula is C8H17N3O3. The van der Waals surface area contributed by atoms with Crippen LogP contribution in [0, 0.1) is 0 Å². The van der Waals surface area contributed by atoms with Crippen molar-refractivity contribution in [2.75, 3.05) is 26.2 Å². The molecule has 1 saturated heterocycles. The van der Waals surface area contributed by atoms with E-state index in [1.54, 1.807) is 0 Å². The van der Waals surface area contributed by atoms with Gasteiger partial charge >= 0.3 is 0 Å². The van der Waals surface area contributed by atoms with Crippen molar-refractivity contribution in [1.29, 1.82) is 0 Å². The fourth-order valence-electron chi connectivity index (χ4n) is 1.60. The standard InChI is InChI=1S/C8H17N3O3/c1-2-14-7-4-11(3-6(7)12)5-8(9)10-13/h6-7,12-13H,2-5H2,1H3,(H2,9,10). The zero-order valence-electron chi connectivity index (χ0n) is 8.26. The van der Waals surface area contributed by atoms with Gasteiger partial charge in [-0.05, 0) is 6.92 Å². The molecule has 0 amide bonds. The largest absolute Gasteiger partial charge is 0.409 e. The number of ether oxygens (including phenoxy) is 1. The van der Waals surface area contributed by atoms with Gasteiger partial charge in [0.15, 0.2) is 5.84 Å². The molecule has 14 heavy (non-hydrogen) atoms. The molecule has 2 unspecified atom stereocenters. The fraction of sp³-hybridized carbons (Fsp3) is 0.875. The molecule has 6 heteroatoms. The van der Waals surface area contributed by atoms with E-state index >= 15 is 0 Å². The number of likely N-dealkylation sites (tertiary alicyclic amines) is 1. The Morgan fingerprint density at radius 1 is 1.64 bits per heavy atom. The average molecular weight is 203 g/mol. The quantitative estimate of drug-likeness (QED) is 0.231. The van der Waals surface area contributed by atoms with E-state index in [0.717, 1.165) is 0 Å². The number of aliphatic hydroxyl groups excluding tert-OH is 1. The molecule has 0 aromatic heterocycles. The lowest BCUT2D eigenvalue weighted by molar-refractivity contribution is -0.00236. The topological polar surface area (TPSA) is 91.3 Å². The zero-order valence-corrected chi connectivity index (χ0v) is 8.26. The van der Waals surface area contributed by atoms with Gasteiger partial charge in [-0.3, -0.25) is 4.90 Å². The number of nitrogens with zero attached hydrogens (tertiary/aromatic N) is 2. The van der Waals surface area contributed by atoms with Crippen LogP contribution >= 0.6 is 0 Å². The highest BCUT2D eigenvalue weighted by atomic mass is 16.5. The predicted molar refractivity (Wildman–Crippen MR) is 51.3 cm³/mol. The second-order valence-electron chi connectivity index (χ2n) is 3.35. The highest BCUT2D eigenvalue weighted by molar-refractivity contribution is 5.81. The van der Waals surface area contributed by atoms with E-state index in [9.17, 15) is 5.11 Å². The van der Waals surface area contributed by atoms with Gasteiger partial charge in [-0.2, -0.15) is 0 Å². The van der Waals surface area contributed by atoms with Crippen LogP contribution in [0.1, 0.15) is 6.92 Å². The second-order valence-corrected chi connectivity index (χ2v) is 3.35. The van der Waals surface area contributed by atoms with Gasteiger partial charge in [0.1, 0.15) is 0 Å². The van der Waals surface area contributed by atoms with Crippen molar-refractivity contribution in [2.45, 2.75) is 19.1 Å². The van der Waals surface area contributed by atoms with Crippen molar-refractivity contribution >= 4 is 5.84 Å². The summed E-state index contributed by atoms with van der Waals surface area (Å²) in [5, 5.41) is 20.8. The van der Waals surface area contributed by atoms with E-state index in [1.807, 2.05) is 11.8 Å². The molecule has 0 radical (unpaired) electrons. The third-order valence-electron chi connectivity index (χ3n) is 2.21. The van der Waals surface area contributed by atoms with Crippen LogP contribution in [0.5, 0.6) is 0 Å². The summed E-state index contributed by atoms with van der Waals surface area (Å²) >= 11 is 0. The Labute approximate surface area is 82.9 Å². The van der Waals surface area contributed by atoms with Crippen LogP contribution in [0.3, 0.4) is 0 Å². The van der Waals surface area contributed by atoms with Crippen LogP contribution in [0.2, 0.25) is 0 Å².